The Kier molecular flexibility index (Phi) is 10.4. The highest BCUT2D eigenvalue weighted by Gasteiger charge is 2.35. The highest BCUT2D eigenvalue weighted by Crippen LogP contribution is 2.38. The summed E-state index contributed by atoms with van der Waals surface area (Å²) < 4.78 is 0. The minimum atomic E-state index is -0.225. The number of halogens is 3. The van der Waals surface area contributed by atoms with Crippen LogP contribution in [0.15, 0.2) is 30.6 Å². The lowest BCUT2D eigenvalue weighted by Gasteiger charge is -2.42. The highest BCUT2D eigenvalue weighted by molar-refractivity contribution is 6.30. The number of aromatic nitrogens is 2. The van der Waals surface area contributed by atoms with Gasteiger partial charge in [0, 0.05) is 54.5 Å². The van der Waals surface area contributed by atoms with Crippen LogP contribution in [0.3, 0.4) is 0 Å². The molecule has 3 atom stereocenters. The summed E-state index contributed by atoms with van der Waals surface area (Å²) in [5.74, 6) is 1.50. The molecule has 1 aliphatic carbocycles. The van der Waals surface area contributed by atoms with Crippen LogP contribution in [0.2, 0.25) is 5.02 Å². The van der Waals surface area contributed by atoms with Gasteiger partial charge in [-0.1, -0.05) is 44.5 Å². The van der Waals surface area contributed by atoms with Crippen LogP contribution in [0, 0.1) is 0 Å². The van der Waals surface area contributed by atoms with Gasteiger partial charge in [-0.15, -0.1) is 24.8 Å². The molecule has 4 rings (SSSR count). The highest BCUT2D eigenvalue weighted by atomic mass is 35.5. The Morgan fingerprint density at radius 1 is 1.15 bits per heavy atom. The average Bonchev–Trinajstić information content (AvgIpc) is 3.16. The fraction of sp³-hybridized carbons (Fsp3) is 0.560. The summed E-state index contributed by atoms with van der Waals surface area (Å²) in [6.07, 6.45) is 3.87. The first kappa shape index (κ1) is 28.6. The Morgan fingerprint density at radius 3 is 2.50 bits per heavy atom. The number of aryl methyl sites for hydroxylation is 1. The maximum atomic E-state index is 13.6. The number of nitrogens with one attached hydrogen (secondary N) is 1. The van der Waals surface area contributed by atoms with Gasteiger partial charge in [0.05, 0.1) is 5.92 Å². The monoisotopic (exact) mass is 527 g/mol. The van der Waals surface area contributed by atoms with Crippen molar-refractivity contribution in [3.63, 3.8) is 0 Å². The molecular formula is C25H36Cl3N5O. The lowest BCUT2D eigenvalue weighted by molar-refractivity contribution is -0.133. The minimum Gasteiger partial charge on any atom is -0.350 e. The lowest BCUT2D eigenvalue weighted by Crippen LogP contribution is -2.55. The van der Waals surface area contributed by atoms with Gasteiger partial charge in [0.25, 0.3) is 0 Å². The van der Waals surface area contributed by atoms with Crippen LogP contribution in [0.5, 0.6) is 0 Å². The number of carbonyl (C=O) groups excluding carboxylic acids is 1. The zero-order valence-corrected chi connectivity index (χ0v) is 22.7. The third kappa shape index (κ3) is 6.14. The Bertz CT molecular complexity index is 956. The van der Waals surface area contributed by atoms with E-state index in [1.807, 2.05) is 29.2 Å². The number of anilines is 1. The largest absolute Gasteiger partial charge is 0.350 e. The second-order valence-corrected chi connectivity index (χ2v) is 9.93. The zero-order chi connectivity index (χ0) is 22.8. The molecule has 0 bridgehead atoms. The summed E-state index contributed by atoms with van der Waals surface area (Å²) in [6.45, 7) is 11.5. The molecule has 1 N–H and O–H groups in total. The van der Waals surface area contributed by atoms with E-state index in [-0.39, 0.29) is 42.7 Å². The molecule has 9 heteroatoms. The molecule has 1 saturated heterocycles. The maximum absolute atomic E-state index is 13.6. The number of amides is 1. The molecule has 1 aliphatic heterocycles. The minimum absolute atomic E-state index is 0. The van der Waals surface area contributed by atoms with Crippen LogP contribution in [0.25, 0.3) is 0 Å². The topological polar surface area (TPSA) is 61.4 Å². The molecule has 188 valence electrons. The maximum Gasteiger partial charge on any atom is 0.231 e. The molecule has 2 aromatic rings. The fourth-order valence-corrected chi connectivity index (χ4v) is 5.07. The van der Waals surface area contributed by atoms with Crippen LogP contribution in [-0.2, 0) is 11.2 Å². The van der Waals surface area contributed by atoms with Gasteiger partial charge in [0.15, 0.2) is 0 Å². The van der Waals surface area contributed by atoms with Crippen molar-refractivity contribution in [2.24, 2.45) is 0 Å². The first-order valence-electron chi connectivity index (χ1n) is 11.7. The Balaban J connectivity index is 0.00000204. The van der Waals surface area contributed by atoms with E-state index in [1.165, 1.54) is 11.3 Å². The number of rotatable bonds is 6. The summed E-state index contributed by atoms with van der Waals surface area (Å²) in [5.41, 5.74) is 3.50. The number of piperazine rings is 1. The van der Waals surface area contributed by atoms with Crippen molar-refractivity contribution in [2.75, 3.05) is 31.1 Å². The lowest BCUT2D eigenvalue weighted by atomic mass is 9.96. The predicted octanol–water partition coefficient (Wildman–Crippen LogP) is 4.84. The van der Waals surface area contributed by atoms with Crippen LogP contribution in [0.4, 0.5) is 5.82 Å². The summed E-state index contributed by atoms with van der Waals surface area (Å²) in [6, 6.07) is 8.18. The number of fused-ring (bicyclic) bond motifs is 1. The van der Waals surface area contributed by atoms with Crippen LogP contribution >= 0.6 is 36.4 Å². The van der Waals surface area contributed by atoms with E-state index < -0.39 is 0 Å². The second kappa shape index (κ2) is 12.4. The van der Waals surface area contributed by atoms with Gasteiger partial charge < -0.3 is 15.1 Å². The Hall–Kier alpha value is -1.60. The molecule has 2 aliphatic rings. The summed E-state index contributed by atoms with van der Waals surface area (Å²) in [5, 5.41) is 4.14. The number of hydrogen-bond acceptors (Lipinski definition) is 5. The molecule has 0 radical (unpaired) electrons. The number of benzene rings is 1. The predicted molar refractivity (Wildman–Crippen MR) is 144 cm³/mol. The van der Waals surface area contributed by atoms with Crippen molar-refractivity contribution in [2.45, 2.75) is 64.5 Å². The molecule has 6 nitrogen and oxygen atoms in total. The van der Waals surface area contributed by atoms with Crippen molar-refractivity contribution in [3.05, 3.63) is 52.4 Å². The van der Waals surface area contributed by atoms with Crippen LogP contribution < -0.4 is 10.2 Å². The van der Waals surface area contributed by atoms with Crippen molar-refractivity contribution >= 4 is 48.1 Å². The average molecular weight is 529 g/mol. The molecule has 34 heavy (non-hydrogen) atoms. The number of hydrogen-bond donors (Lipinski definition) is 1. The first-order chi connectivity index (χ1) is 15.3. The van der Waals surface area contributed by atoms with E-state index in [0.29, 0.717) is 36.6 Å². The van der Waals surface area contributed by atoms with Gasteiger partial charge in [-0.2, -0.15) is 0 Å². The molecule has 1 fully saturated rings. The molecule has 1 aromatic carbocycles. The van der Waals surface area contributed by atoms with E-state index in [1.54, 1.807) is 6.33 Å². The Labute approximate surface area is 220 Å². The third-order valence-electron chi connectivity index (χ3n) is 6.76. The fourth-order valence-electron chi connectivity index (χ4n) is 4.94. The van der Waals surface area contributed by atoms with Crippen LogP contribution in [0.1, 0.15) is 62.8 Å². The SMILES string of the molecule is CC(C)NC[C@H](C(=O)N1CCN(c2ncnc3c2[C@H](C)CC3)[C@H](C)C1)c1ccc(Cl)cc1.Cl.Cl. The number of carbonyl (C=O) groups is 1. The molecule has 0 spiro atoms. The van der Waals surface area contributed by atoms with E-state index >= 15 is 0 Å². The van der Waals surface area contributed by atoms with Crippen molar-refractivity contribution in [1.82, 2.24) is 20.2 Å². The molecule has 2 heterocycles. The van der Waals surface area contributed by atoms with E-state index in [9.17, 15) is 4.79 Å². The zero-order valence-electron chi connectivity index (χ0n) is 20.3. The third-order valence-corrected chi connectivity index (χ3v) is 7.02. The van der Waals surface area contributed by atoms with Gasteiger partial charge in [0.1, 0.15) is 12.1 Å². The molecule has 0 unspecified atom stereocenters. The molecule has 1 aromatic heterocycles. The van der Waals surface area contributed by atoms with Crippen molar-refractivity contribution in [1.29, 1.82) is 0 Å². The van der Waals surface area contributed by atoms with E-state index in [2.05, 4.69) is 47.9 Å². The molecule has 0 saturated carbocycles. The summed E-state index contributed by atoms with van der Waals surface area (Å²) in [4.78, 5) is 27.2. The Morgan fingerprint density at radius 2 is 1.85 bits per heavy atom. The van der Waals surface area contributed by atoms with Gasteiger partial charge in [-0.25, -0.2) is 9.97 Å². The van der Waals surface area contributed by atoms with Crippen molar-refractivity contribution in [3.8, 4) is 0 Å². The smallest absolute Gasteiger partial charge is 0.231 e. The summed E-state index contributed by atoms with van der Waals surface area (Å²) >= 11 is 6.09. The van der Waals surface area contributed by atoms with Crippen molar-refractivity contribution < 1.29 is 4.79 Å². The van der Waals surface area contributed by atoms with E-state index in [0.717, 1.165) is 30.8 Å². The van der Waals surface area contributed by atoms with Gasteiger partial charge >= 0.3 is 0 Å². The second-order valence-electron chi connectivity index (χ2n) is 9.49. The van der Waals surface area contributed by atoms with E-state index in [4.69, 9.17) is 11.6 Å². The number of nitrogens with zero attached hydrogens (tertiary/aromatic N) is 4. The normalized spacial score (nSPS) is 20.4. The van der Waals surface area contributed by atoms with Gasteiger partial charge in [-0.3, -0.25) is 4.79 Å². The van der Waals surface area contributed by atoms with Gasteiger partial charge in [-0.05, 0) is 43.4 Å². The molecular weight excluding hydrogens is 493 g/mol. The summed E-state index contributed by atoms with van der Waals surface area (Å²) in [7, 11) is 0. The quantitative estimate of drug-likeness (QED) is 0.581. The molecule has 1 amide bonds. The van der Waals surface area contributed by atoms with Gasteiger partial charge in [0.2, 0.25) is 5.91 Å². The first-order valence-corrected chi connectivity index (χ1v) is 12.1. The van der Waals surface area contributed by atoms with Crippen LogP contribution in [-0.4, -0.2) is 59.0 Å². The standard InChI is InChI=1S/C25H34ClN5O.2ClH/c1-16(2)27-13-21(19-6-8-20(26)9-7-19)25(32)30-11-12-31(18(4)14-30)24-23-17(3)5-10-22(23)28-15-29-24;;/h6-9,15-18,21,27H,5,10-14H2,1-4H3;2*1H/t17-,18-,21+;;/m1../s1.